The lowest BCUT2D eigenvalue weighted by Crippen LogP contribution is -2.36. The molecule has 1 aliphatic rings. The van der Waals surface area contributed by atoms with Gasteiger partial charge in [0.1, 0.15) is 23.2 Å². The highest BCUT2D eigenvalue weighted by atomic mass is 31.2. The van der Waals surface area contributed by atoms with Gasteiger partial charge in [-0.2, -0.15) is 0 Å². The molecular weight excluding hydrogens is 357 g/mol. The molecule has 1 heterocycles. The molecule has 0 unspecified atom stereocenters. The first-order chi connectivity index (χ1) is 13.9. The van der Waals surface area contributed by atoms with Gasteiger partial charge in [-0.25, -0.2) is 0 Å². The van der Waals surface area contributed by atoms with Gasteiger partial charge in [0.05, 0.1) is 6.16 Å². The lowest BCUT2D eigenvalue weighted by Gasteiger charge is -2.30. The fourth-order valence-corrected chi connectivity index (χ4v) is 8.92. The SMILES string of the molecule is c1ccc([P+](CCCN2CCCCC2)(c2ccccc2)c2ccccc2)cc1. The molecule has 4 rings (SSSR count). The molecule has 0 bridgehead atoms. The minimum absolute atomic E-state index is 1.23. The molecule has 0 saturated carbocycles. The van der Waals surface area contributed by atoms with Crippen LogP contribution in [0.5, 0.6) is 0 Å². The summed E-state index contributed by atoms with van der Waals surface area (Å²) in [6, 6.07) is 33.8. The lowest BCUT2D eigenvalue weighted by atomic mass is 10.1. The highest BCUT2D eigenvalue weighted by Gasteiger charge is 2.44. The zero-order valence-corrected chi connectivity index (χ0v) is 17.6. The smallest absolute Gasteiger partial charge is 0.112 e. The van der Waals surface area contributed by atoms with Crippen molar-refractivity contribution in [2.45, 2.75) is 25.7 Å². The van der Waals surface area contributed by atoms with Gasteiger partial charge in [0.15, 0.2) is 0 Å². The molecule has 144 valence electrons. The van der Waals surface area contributed by atoms with Crippen molar-refractivity contribution >= 4 is 23.2 Å². The summed E-state index contributed by atoms with van der Waals surface area (Å²) in [5.41, 5.74) is 0. The quantitative estimate of drug-likeness (QED) is 0.523. The monoisotopic (exact) mass is 388 g/mol. The molecule has 1 fully saturated rings. The second-order valence-electron chi connectivity index (χ2n) is 7.80. The van der Waals surface area contributed by atoms with Crippen molar-refractivity contribution in [2.24, 2.45) is 0 Å². The van der Waals surface area contributed by atoms with Crippen LogP contribution in [0.2, 0.25) is 0 Å². The second-order valence-corrected chi connectivity index (χ2v) is 11.4. The van der Waals surface area contributed by atoms with Crippen molar-refractivity contribution in [3.63, 3.8) is 0 Å². The highest BCUT2D eigenvalue weighted by Crippen LogP contribution is 2.55. The van der Waals surface area contributed by atoms with E-state index in [1.54, 1.807) is 0 Å². The van der Waals surface area contributed by atoms with Gasteiger partial charge >= 0.3 is 0 Å². The number of rotatable bonds is 7. The first-order valence-electron chi connectivity index (χ1n) is 10.7. The average Bonchev–Trinajstić information content (AvgIpc) is 2.79. The van der Waals surface area contributed by atoms with E-state index in [-0.39, 0.29) is 0 Å². The molecule has 0 amide bonds. The van der Waals surface area contributed by atoms with E-state index in [1.165, 1.54) is 67.4 Å². The molecule has 3 aromatic rings. The fourth-order valence-electron chi connectivity index (χ4n) is 4.60. The van der Waals surface area contributed by atoms with Crippen molar-refractivity contribution in [2.75, 3.05) is 25.8 Å². The van der Waals surface area contributed by atoms with Gasteiger partial charge in [0.2, 0.25) is 0 Å². The van der Waals surface area contributed by atoms with E-state index in [2.05, 4.69) is 95.9 Å². The first kappa shape index (κ1) is 19.4. The minimum atomic E-state index is -1.65. The third kappa shape index (κ3) is 4.22. The minimum Gasteiger partial charge on any atom is -0.303 e. The first-order valence-corrected chi connectivity index (χ1v) is 12.6. The Morgan fingerprint density at radius 2 is 1.00 bits per heavy atom. The van der Waals surface area contributed by atoms with E-state index in [0.29, 0.717) is 0 Å². The Morgan fingerprint density at radius 1 is 0.571 bits per heavy atom. The van der Waals surface area contributed by atoms with Crippen molar-refractivity contribution in [3.8, 4) is 0 Å². The molecule has 2 heteroatoms. The molecule has 0 aromatic heterocycles. The topological polar surface area (TPSA) is 3.24 Å². The van der Waals surface area contributed by atoms with Gasteiger partial charge in [-0.1, -0.05) is 61.0 Å². The van der Waals surface area contributed by atoms with E-state index in [1.807, 2.05) is 0 Å². The van der Waals surface area contributed by atoms with Crippen LogP contribution in [-0.2, 0) is 0 Å². The number of hydrogen-bond donors (Lipinski definition) is 0. The van der Waals surface area contributed by atoms with Gasteiger partial charge in [-0.05, 0) is 68.8 Å². The number of benzene rings is 3. The maximum absolute atomic E-state index is 2.68. The molecule has 0 spiro atoms. The molecule has 1 nitrogen and oxygen atoms in total. The van der Waals surface area contributed by atoms with Gasteiger partial charge in [0.25, 0.3) is 0 Å². The van der Waals surface area contributed by atoms with Crippen LogP contribution in [0.4, 0.5) is 0 Å². The van der Waals surface area contributed by atoms with Gasteiger partial charge < -0.3 is 4.90 Å². The molecule has 0 aliphatic carbocycles. The van der Waals surface area contributed by atoms with Crippen LogP contribution in [0.3, 0.4) is 0 Å². The van der Waals surface area contributed by atoms with Crippen LogP contribution >= 0.6 is 7.26 Å². The average molecular weight is 389 g/mol. The Balaban J connectivity index is 1.72. The van der Waals surface area contributed by atoms with Crippen molar-refractivity contribution < 1.29 is 0 Å². The van der Waals surface area contributed by atoms with Crippen molar-refractivity contribution in [1.82, 2.24) is 4.90 Å². The second kappa shape index (κ2) is 9.50. The molecule has 0 atom stereocenters. The molecule has 1 aliphatic heterocycles. The number of likely N-dealkylation sites (tertiary alicyclic amines) is 1. The summed E-state index contributed by atoms with van der Waals surface area (Å²) in [5.74, 6) is 0. The van der Waals surface area contributed by atoms with E-state index in [4.69, 9.17) is 0 Å². The molecule has 0 N–H and O–H groups in total. The summed E-state index contributed by atoms with van der Waals surface area (Å²) >= 11 is 0. The zero-order chi connectivity index (χ0) is 19.1. The summed E-state index contributed by atoms with van der Waals surface area (Å²) in [4.78, 5) is 2.68. The number of hydrogen-bond acceptors (Lipinski definition) is 1. The predicted molar refractivity (Wildman–Crippen MR) is 125 cm³/mol. The summed E-state index contributed by atoms with van der Waals surface area (Å²) in [5, 5.41) is 4.52. The Hall–Kier alpha value is -1.95. The Labute approximate surface area is 170 Å². The van der Waals surface area contributed by atoms with Crippen LogP contribution in [0.15, 0.2) is 91.0 Å². The number of nitrogens with zero attached hydrogens (tertiary/aromatic N) is 1. The summed E-state index contributed by atoms with van der Waals surface area (Å²) in [6.07, 6.45) is 6.65. The van der Waals surface area contributed by atoms with Gasteiger partial charge in [0, 0.05) is 6.54 Å². The highest BCUT2D eigenvalue weighted by molar-refractivity contribution is 7.95. The molecule has 1 saturated heterocycles. The molecule has 28 heavy (non-hydrogen) atoms. The Bertz CT molecular complexity index is 729. The van der Waals surface area contributed by atoms with Gasteiger partial charge in [-0.3, -0.25) is 0 Å². The van der Waals surface area contributed by atoms with E-state index >= 15 is 0 Å². The van der Waals surface area contributed by atoms with Crippen LogP contribution in [0.25, 0.3) is 0 Å². The van der Waals surface area contributed by atoms with E-state index < -0.39 is 7.26 Å². The predicted octanol–water partition coefficient (Wildman–Crippen LogP) is 4.86. The summed E-state index contributed by atoms with van der Waals surface area (Å²) in [7, 11) is -1.65. The molecule has 3 aromatic carbocycles. The summed E-state index contributed by atoms with van der Waals surface area (Å²) < 4.78 is 0. The van der Waals surface area contributed by atoms with E-state index in [9.17, 15) is 0 Å². The number of piperidine rings is 1. The summed E-state index contributed by atoms with van der Waals surface area (Å²) in [6.45, 7) is 3.80. The lowest BCUT2D eigenvalue weighted by molar-refractivity contribution is 0.230. The Kier molecular flexibility index (Phi) is 6.57. The maximum Gasteiger partial charge on any atom is 0.112 e. The third-order valence-corrected chi connectivity index (χ3v) is 10.5. The molecular formula is C26H31NP+. The standard InChI is InChI=1S/C26H31NP/c1-5-14-24(15-6-1)28(25-16-7-2-8-17-25,26-18-9-3-10-19-26)23-13-22-27-20-11-4-12-21-27/h1-3,5-10,14-19H,4,11-13,20-23H2/q+1. The van der Waals surface area contributed by atoms with Crippen LogP contribution in [0, 0.1) is 0 Å². The largest absolute Gasteiger partial charge is 0.303 e. The van der Waals surface area contributed by atoms with Crippen molar-refractivity contribution in [3.05, 3.63) is 91.0 Å². The zero-order valence-electron chi connectivity index (χ0n) is 16.7. The van der Waals surface area contributed by atoms with Crippen LogP contribution in [0.1, 0.15) is 25.7 Å². The Morgan fingerprint density at radius 3 is 1.43 bits per heavy atom. The van der Waals surface area contributed by atoms with Gasteiger partial charge in [-0.15, -0.1) is 0 Å². The fraction of sp³-hybridized carbons (Fsp3) is 0.308. The van der Waals surface area contributed by atoms with E-state index in [0.717, 1.165) is 0 Å². The normalized spacial score (nSPS) is 15.4. The maximum atomic E-state index is 2.68. The third-order valence-electron chi connectivity index (χ3n) is 6.01. The van der Waals surface area contributed by atoms with Crippen LogP contribution < -0.4 is 15.9 Å². The van der Waals surface area contributed by atoms with Crippen LogP contribution in [-0.4, -0.2) is 30.7 Å². The van der Waals surface area contributed by atoms with Crippen molar-refractivity contribution in [1.29, 1.82) is 0 Å². The molecule has 0 radical (unpaired) electrons.